The number of morpholine rings is 1. The predicted octanol–water partition coefficient (Wildman–Crippen LogP) is -1.39. The molecule has 0 unspecified atom stereocenters. The number of quaternary nitrogens is 1. The minimum atomic E-state index is -0.730. The number of carbonyl (C=O) groups excluding carboxylic acids is 3. The molecule has 0 aliphatic carbocycles. The van der Waals surface area contributed by atoms with Crippen molar-refractivity contribution in [2.75, 3.05) is 50.0 Å². The second kappa shape index (κ2) is 8.99. The molecule has 1 saturated heterocycles. The summed E-state index contributed by atoms with van der Waals surface area (Å²) in [5.41, 5.74) is 0.997. The fourth-order valence-electron chi connectivity index (χ4n) is 2.41. The number of benzene rings is 1. The second-order valence-corrected chi connectivity index (χ2v) is 5.58. The van der Waals surface area contributed by atoms with Gasteiger partial charge in [0.1, 0.15) is 13.1 Å². The maximum atomic E-state index is 11.9. The summed E-state index contributed by atoms with van der Waals surface area (Å²) < 4.78 is 5.27. The number of hydrogen-bond acceptors (Lipinski definition) is 4. The standard InChI is InChI=1S/C16H22N4O4/c1-12(21)18-13-3-2-4-14(11-13)19-16(23)15(22)17-5-6-20-7-9-24-10-8-20/h2-4,11H,5-10H2,1H3,(H,17,22)(H,18,21)(H,19,23)/p+1. The fourth-order valence-corrected chi connectivity index (χ4v) is 2.41. The summed E-state index contributed by atoms with van der Waals surface area (Å²) in [5.74, 6) is -1.61. The Morgan fingerprint density at radius 2 is 1.75 bits per heavy atom. The van der Waals surface area contributed by atoms with Crippen LogP contribution in [0.2, 0.25) is 0 Å². The molecule has 1 aliphatic rings. The van der Waals surface area contributed by atoms with Crippen LogP contribution >= 0.6 is 0 Å². The number of nitrogens with one attached hydrogen (secondary N) is 4. The molecule has 0 spiro atoms. The van der Waals surface area contributed by atoms with E-state index < -0.39 is 11.8 Å². The van der Waals surface area contributed by atoms with Gasteiger partial charge >= 0.3 is 11.8 Å². The van der Waals surface area contributed by atoms with Crippen molar-refractivity contribution in [3.63, 3.8) is 0 Å². The smallest absolute Gasteiger partial charge is 0.313 e. The van der Waals surface area contributed by atoms with E-state index in [0.717, 1.165) is 32.8 Å². The minimum Gasteiger partial charge on any atom is -0.370 e. The normalized spacial score (nSPS) is 14.7. The van der Waals surface area contributed by atoms with Crippen molar-refractivity contribution in [3.05, 3.63) is 24.3 Å². The lowest BCUT2D eigenvalue weighted by Crippen LogP contribution is -3.14. The summed E-state index contributed by atoms with van der Waals surface area (Å²) in [6.45, 7) is 5.89. The highest BCUT2D eigenvalue weighted by atomic mass is 16.5. The molecule has 3 amide bonds. The van der Waals surface area contributed by atoms with Crippen molar-refractivity contribution in [2.24, 2.45) is 0 Å². The molecular weight excluding hydrogens is 312 g/mol. The zero-order chi connectivity index (χ0) is 17.4. The zero-order valence-corrected chi connectivity index (χ0v) is 13.7. The van der Waals surface area contributed by atoms with Gasteiger partial charge in [0.2, 0.25) is 5.91 Å². The van der Waals surface area contributed by atoms with E-state index in [0.29, 0.717) is 17.9 Å². The number of ether oxygens (including phenoxy) is 1. The maximum absolute atomic E-state index is 11.9. The molecule has 24 heavy (non-hydrogen) atoms. The van der Waals surface area contributed by atoms with E-state index in [1.807, 2.05) is 0 Å². The van der Waals surface area contributed by atoms with E-state index >= 15 is 0 Å². The largest absolute Gasteiger partial charge is 0.370 e. The van der Waals surface area contributed by atoms with Gasteiger partial charge in [-0.25, -0.2) is 0 Å². The first-order valence-electron chi connectivity index (χ1n) is 7.93. The number of rotatable bonds is 5. The number of amides is 3. The first-order chi connectivity index (χ1) is 11.5. The Bertz CT molecular complexity index is 599. The summed E-state index contributed by atoms with van der Waals surface area (Å²) in [7, 11) is 0. The first kappa shape index (κ1) is 17.9. The second-order valence-electron chi connectivity index (χ2n) is 5.58. The predicted molar refractivity (Wildman–Crippen MR) is 88.8 cm³/mol. The van der Waals surface area contributed by atoms with Gasteiger partial charge in [-0.2, -0.15) is 0 Å². The van der Waals surface area contributed by atoms with Crippen molar-refractivity contribution in [1.29, 1.82) is 0 Å². The molecule has 0 aromatic heterocycles. The summed E-state index contributed by atoms with van der Waals surface area (Å²) in [6, 6.07) is 6.61. The molecular formula is C16H23N4O4+. The third-order valence-electron chi connectivity index (χ3n) is 3.61. The quantitative estimate of drug-likeness (QED) is 0.498. The van der Waals surface area contributed by atoms with Crippen molar-refractivity contribution in [1.82, 2.24) is 5.32 Å². The monoisotopic (exact) mass is 335 g/mol. The third kappa shape index (κ3) is 5.98. The van der Waals surface area contributed by atoms with Gasteiger partial charge in [-0.3, -0.25) is 14.4 Å². The SMILES string of the molecule is CC(=O)Nc1cccc(NC(=O)C(=O)NCC[NH+]2CCOCC2)c1. The molecule has 1 fully saturated rings. The van der Waals surface area contributed by atoms with Gasteiger partial charge in [-0.05, 0) is 18.2 Å². The molecule has 0 bridgehead atoms. The van der Waals surface area contributed by atoms with Crippen molar-refractivity contribution in [2.45, 2.75) is 6.92 Å². The molecule has 1 aromatic carbocycles. The van der Waals surface area contributed by atoms with Gasteiger partial charge in [0, 0.05) is 18.3 Å². The minimum absolute atomic E-state index is 0.207. The van der Waals surface area contributed by atoms with Crippen LogP contribution in [0.15, 0.2) is 24.3 Å². The summed E-state index contributed by atoms with van der Waals surface area (Å²) >= 11 is 0. The average molecular weight is 335 g/mol. The summed E-state index contributed by atoms with van der Waals surface area (Å²) in [5, 5.41) is 7.74. The maximum Gasteiger partial charge on any atom is 0.313 e. The van der Waals surface area contributed by atoms with Crippen LogP contribution in [0, 0.1) is 0 Å². The topological polar surface area (TPSA) is 101 Å². The molecule has 130 valence electrons. The van der Waals surface area contributed by atoms with E-state index in [4.69, 9.17) is 4.74 Å². The lowest BCUT2D eigenvalue weighted by atomic mass is 10.2. The van der Waals surface area contributed by atoms with Crippen LogP contribution in [0.5, 0.6) is 0 Å². The number of hydrogen-bond donors (Lipinski definition) is 4. The molecule has 2 rings (SSSR count). The average Bonchev–Trinajstić information content (AvgIpc) is 2.55. The fraction of sp³-hybridized carbons (Fsp3) is 0.438. The van der Waals surface area contributed by atoms with Gasteiger partial charge < -0.3 is 25.6 Å². The summed E-state index contributed by atoms with van der Waals surface area (Å²) in [4.78, 5) is 36.1. The van der Waals surface area contributed by atoms with Crippen LogP contribution in [-0.4, -0.2) is 57.1 Å². The molecule has 0 saturated carbocycles. The van der Waals surface area contributed by atoms with Crippen molar-refractivity contribution in [3.8, 4) is 0 Å². The van der Waals surface area contributed by atoms with Crippen LogP contribution in [0.3, 0.4) is 0 Å². The molecule has 1 aliphatic heterocycles. The van der Waals surface area contributed by atoms with Crippen molar-refractivity contribution < 1.29 is 24.0 Å². The molecule has 0 atom stereocenters. The van der Waals surface area contributed by atoms with Crippen LogP contribution in [0.25, 0.3) is 0 Å². The molecule has 8 nitrogen and oxygen atoms in total. The third-order valence-corrected chi connectivity index (χ3v) is 3.61. The Morgan fingerprint density at radius 1 is 1.08 bits per heavy atom. The van der Waals surface area contributed by atoms with Gasteiger partial charge in [0.15, 0.2) is 0 Å². The highest BCUT2D eigenvalue weighted by Crippen LogP contribution is 2.14. The first-order valence-corrected chi connectivity index (χ1v) is 7.93. The van der Waals surface area contributed by atoms with Gasteiger partial charge in [-0.1, -0.05) is 6.07 Å². The van der Waals surface area contributed by atoms with Crippen molar-refractivity contribution >= 4 is 29.1 Å². The van der Waals surface area contributed by atoms with Gasteiger partial charge in [0.05, 0.1) is 26.3 Å². The van der Waals surface area contributed by atoms with E-state index in [9.17, 15) is 14.4 Å². The molecule has 0 radical (unpaired) electrons. The van der Waals surface area contributed by atoms with E-state index in [-0.39, 0.29) is 5.91 Å². The Labute approximate surface area is 140 Å². The van der Waals surface area contributed by atoms with Crippen LogP contribution in [-0.2, 0) is 19.1 Å². The molecule has 1 aromatic rings. The molecule has 1 heterocycles. The van der Waals surface area contributed by atoms with Crippen LogP contribution in [0.1, 0.15) is 6.92 Å². The highest BCUT2D eigenvalue weighted by molar-refractivity contribution is 6.39. The Morgan fingerprint density at radius 3 is 2.42 bits per heavy atom. The molecule has 4 N–H and O–H groups in total. The summed E-state index contributed by atoms with van der Waals surface area (Å²) in [6.07, 6.45) is 0. The number of carbonyl (C=O) groups is 3. The zero-order valence-electron chi connectivity index (χ0n) is 13.7. The van der Waals surface area contributed by atoms with E-state index in [1.165, 1.54) is 11.8 Å². The van der Waals surface area contributed by atoms with Crippen LogP contribution < -0.4 is 20.9 Å². The van der Waals surface area contributed by atoms with E-state index in [1.54, 1.807) is 24.3 Å². The van der Waals surface area contributed by atoms with E-state index in [2.05, 4.69) is 16.0 Å². The Balaban J connectivity index is 1.76. The van der Waals surface area contributed by atoms with Gasteiger partial charge in [-0.15, -0.1) is 0 Å². The Kier molecular flexibility index (Phi) is 6.71. The highest BCUT2D eigenvalue weighted by Gasteiger charge is 2.16. The van der Waals surface area contributed by atoms with Gasteiger partial charge in [0.25, 0.3) is 0 Å². The Hall–Kier alpha value is -2.45. The molecule has 8 heteroatoms. The van der Waals surface area contributed by atoms with Crippen LogP contribution in [0.4, 0.5) is 11.4 Å². The lowest BCUT2D eigenvalue weighted by Gasteiger charge is -2.23. The number of anilines is 2. The lowest BCUT2D eigenvalue weighted by molar-refractivity contribution is -0.906.